The number of rotatable bonds is 7. The van der Waals surface area contributed by atoms with Gasteiger partial charge in [-0.3, -0.25) is 0 Å². The third-order valence-corrected chi connectivity index (χ3v) is 2.97. The average molecular weight is 257 g/mol. The summed E-state index contributed by atoms with van der Waals surface area (Å²) >= 11 is 0. The predicted molar refractivity (Wildman–Crippen MR) is 68.6 cm³/mol. The molecule has 1 N–H and O–H groups in total. The van der Waals surface area contributed by atoms with Gasteiger partial charge in [-0.2, -0.15) is 0 Å². The molecule has 0 aromatic heterocycles. The molecule has 0 aliphatic heterocycles. The Bertz CT molecular complexity index is 351. The van der Waals surface area contributed by atoms with Crippen LogP contribution in [0.25, 0.3) is 0 Å². The van der Waals surface area contributed by atoms with E-state index in [9.17, 15) is 8.78 Å². The molecule has 0 spiro atoms. The Morgan fingerprint density at radius 2 is 1.83 bits per heavy atom. The molecular formula is C14H21F2NO. The molecule has 0 saturated carbocycles. The van der Waals surface area contributed by atoms with E-state index >= 15 is 0 Å². The lowest BCUT2D eigenvalue weighted by Gasteiger charge is -2.24. The fourth-order valence-electron chi connectivity index (χ4n) is 1.88. The Morgan fingerprint density at radius 1 is 1.22 bits per heavy atom. The molecule has 1 aromatic rings. The van der Waals surface area contributed by atoms with Gasteiger partial charge in [-0.1, -0.05) is 6.92 Å². The summed E-state index contributed by atoms with van der Waals surface area (Å²) in [4.78, 5) is 0. The predicted octanol–water partition coefficient (Wildman–Crippen LogP) is 2.91. The Hall–Kier alpha value is -1.00. The standard InChI is InChI=1S/C14H21F2NO/c1-4-5-17-14(10(2)18-3)8-11-6-12(15)9-13(16)7-11/h6-7,9-10,14,17H,4-5,8H2,1-3H3. The molecule has 2 unspecified atom stereocenters. The smallest absolute Gasteiger partial charge is 0.126 e. The average Bonchev–Trinajstić information content (AvgIpc) is 2.32. The molecular weight excluding hydrogens is 236 g/mol. The van der Waals surface area contributed by atoms with Crippen molar-refractivity contribution in [3.05, 3.63) is 35.4 Å². The first-order valence-electron chi connectivity index (χ1n) is 6.28. The van der Waals surface area contributed by atoms with Gasteiger partial charge in [0, 0.05) is 19.2 Å². The van der Waals surface area contributed by atoms with Gasteiger partial charge in [0.1, 0.15) is 11.6 Å². The Labute approximate surface area is 107 Å². The summed E-state index contributed by atoms with van der Waals surface area (Å²) in [5.74, 6) is -1.08. The van der Waals surface area contributed by atoms with Crippen LogP contribution in [0.4, 0.5) is 8.78 Å². The largest absolute Gasteiger partial charge is 0.380 e. The molecule has 4 heteroatoms. The zero-order chi connectivity index (χ0) is 13.5. The van der Waals surface area contributed by atoms with Crippen LogP contribution in [-0.2, 0) is 11.2 Å². The summed E-state index contributed by atoms with van der Waals surface area (Å²) in [7, 11) is 1.64. The van der Waals surface area contributed by atoms with Gasteiger partial charge in [0.05, 0.1) is 6.10 Å². The summed E-state index contributed by atoms with van der Waals surface area (Å²) in [6.45, 7) is 4.88. The molecule has 1 rings (SSSR count). The third kappa shape index (κ3) is 4.70. The quantitative estimate of drug-likeness (QED) is 0.811. The number of hydrogen-bond donors (Lipinski definition) is 1. The molecule has 0 amide bonds. The minimum Gasteiger partial charge on any atom is -0.380 e. The molecule has 0 saturated heterocycles. The minimum atomic E-state index is -0.538. The first-order chi connectivity index (χ1) is 8.56. The van der Waals surface area contributed by atoms with E-state index in [1.165, 1.54) is 12.1 Å². The lowest BCUT2D eigenvalue weighted by Crippen LogP contribution is -2.41. The highest BCUT2D eigenvalue weighted by atomic mass is 19.1. The van der Waals surface area contributed by atoms with Crippen molar-refractivity contribution in [3.63, 3.8) is 0 Å². The third-order valence-electron chi connectivity index (χ3n) is 2.97. The van der Waals surface area contributed by atoms with Crippen LogP contribution in [0.15, 0.2) is 18.2 Å². The van der Waals surface area contributed by atoms with Crippen molar-refractivity contribution in [3.8, 4) is 0 Å². The van der Waals surface area contributed by atoms with E-state index in [1.807, 2.05) is 6.92 Å². The molecule has 0 aliphatic carbocycles. The second-order valence-corrected chi connectivity index (χ2v) is 4.48. The molecule has 18 heavy (non-hydrogen) atoms. The Balaban J connectivity index is 2.74. The van der Waals surface area contributed by atoms with Gasteiger partial charge >= 0.3 is 0 Å². The van der Waals surface area contributed by atoms with Gasteiger partial charge in [-0.05, 0) is 44.0 Å². The maximum absolute atomic E-state index is 13.1. The zero-order valence-electron chi connectivity index (χ0n) is 11.2. The van der Waals surface area contributed by atoms with Crippen LogP contribution >= 0.6 is 0 Å². The first kappa shape index (κ1) is 15.1. The van der Waals surface area contributed by atoms with Crippen LogP contribution in [0.3, 0.4) is 0 Å². The van der Waals surface area contributed by atoms with Gasteiger partial charge in [0.25, 0.3) is 0 Å². The first-order valence-corrected chi connectivity index (χ1v) is 6.28. The molecule has 0 aliphatic rings. The highest BCUT2D eigenvalue weighted by Gasteiger charge is 2.17. The van der Waals surface area contributed by atoms with E-state index in [0.717, 1.165) is 19.0 Å². The van der Waals surface area contributed by atoms with E-state index in [4.69, 9.17) is 4.74 Å². The molecule has 102 valence electrons. The van der Waals surface area contributed by atoms with Crippen LogP contribution in [0.1, 0.15) is 25.8 Å². The Morgan fingerprint density at radius 3 is 2.33 bits per heavy atom. The van der Waals surface area contributed by atoms with Gasteiger partial charge in [0.2, 0.25) is 0 Å². The van der Waals surface area contributed by atoms with Crippen LogP contribution in [0, 0.1) is 11.6 Å². The molecule has 0 bridgehead atoms. The number of nitrogens with one attached hydrogen (secondary N) is 1. The second-order valence-electron chi connectivity index (χ2n) is 4.48. The number of methoxy groups -OCH3 is 1. The van der Waals surface area contributed by atoms with Crippen molar-refractivity contribution in [2.45, 2.75) is 38.8 Å². The summed E-state index contributed by atoms with van der Waals surface area (Å²) in [6, 6.07) is 3.67. The summed E-state index contributed by atoms with van der Waals surface area (Å²) in [5.41, 5.74) is 0.644. The summed E-state index contributed by atoms with van der Waals surface area (Å²) < 4.78 is 31.5. The lowest BCUT2D eigenvalue weighted by molar-refractivity contribution is 0.0830. The van der Waals surface area contributed by atoms with E-state index in [2.05, 4.69) is 12.2 Å². The maximum Gasteiger partial charge on any atom is 0.126 e. The monoisotopic (exact) mass is 257 g/mol. The lowest BCUT2D eigenvalue weighted by atomic mass is 10.0. The van der Waals surface area contributed by atoms with Crippen LogP contribution in [-0.4, -0.2) is 25.8 Å². The molecule has 0 fully saturated rings. The van der Waals surface area contributed by atoms with Crippen LogP contribution in [0.2, 0.25) is 0 Å². The highest BCUT2D eigenvalue weighted by molar-refractivity contribution is 5.19. The zero-order valence-corrected chi connectivity index (χ0v) is 11.2. The van der Waals surface area contributed by atoms with Gasteiger partial charge < -0.3 is 10.1 Å². The minimum absolute atomic E-state index is 0.0112. The normalized spacial score (nSPS) is 14.5. The van der Waals surface area contributed by atoms with Crippen LogP contribution in [0.5, 0.6) is 0 Å². The van der Waals surface area contributed by atoms with Crippen molar-refractivity contribution >= 4 is 0 Å². The maximum atomic E-state index is 13.1. The van der Waals surface area contributed by atoms with Crippen molar-refractivity contribution in [2.24, 2.45) is 0 Å². The number of hydrogen-bond acceptors (Lipinski definition) is 2. The van der Waals surface area contributed by atoms with Crippen molar-refractivity contribution < 1.29 is 13.5 Å². The van der Waals surface area contributed by atoms with E-state index < -0.39 is 11.6 Å². The highest BCUT2D eigenvalue weighted by Crippen LogP contribution is 2.12. The van der Waals surface area contributed by atoms with Crippen molar-refractivity contribution in [2.75, 3.05) is 13.7 Å². The molecule has 0 radical (unpaired) electrons. The molecule has 1 aromatic carbocycles. The van der Waals surface area contributed by atoms with Crippen molar-refractivity contribution in [1.82, 2.24) is 5.32 Å². The van der Waals surface area contributed by atoms with E-state index in [0.29, 0.717) is 12.0 Å². The second kappa shape index (κ2) is 7.44. The molecule has 0 heterocycles. The van der Waals surface area contributed by atoms with Gasteiger partial charge in [0.15, 0.2) is 0 Å². The summed E-state index contributed by atoms with van der Waals surface area (Å²) in [5, 5.41) is 3.34. The van der Waals surface area contributed by atoms with E-state index in [-0.39, 0.29) is 12.1 Å². The summed E-state index contributed by atoms with van der Waals surface area (Å²) in [6.07, 6.45) is 1.54. The van der Waals surface area contributed by atoms with Crippen LogP contribution < -0.4 is 5.32 Å². The number of benzene rings is 1. The fraction of sp³-hybridized carbons (Fsp3) is 0.571. The van der Waals surface area contributed by atoms with E-state index in [1.54, 1.807) is 7.11 Å². The fourth-order valence-corrected chi connectivity index (χ4v) is 1.88. The Kier molecular flexibility index (Phi) is 6.22. The van der Waals surface area contributed by atoms with Crippen molar-refractivity contribution in [1.29, 1.82) is 0 Å². The van der Waals surface area contributed by atoms with Gasteiger partial charge in [-0.25, -0.2) is 8.78 Å². The SMILES string of the molecule is CCCNC(Cc1cc(F)cc(F)c1)C(C)OC. The number of halogens is 2. The molecule has 2 nitrogen and oxygen atoms in total. The molecule has 2 atom stereocenters. The number of ether oxygens (including phenoxy) is 1. The topological polar surface area (TPSA) is 21.3 Å². The van der Waals surface area contributed by atoms with Gasteiger partial charge in [-0.15, -0.1) is 0 Å².